The zero-order valence-electron chi connectivity index (χ0n) is 8.18. The van der Waals surface area contributed by atoms with Crippen molar-refractivity contribution in [1.82, 2.24) is 0 Å². The summed E-state index contributed by atoms with van der Waals surface area (Å²) in [5.74, 6) is -1.55. The van der Waals surface area contributed by atoms with E-state index in [1.165, 1.54) is 6.07 Å². The quantitative estimate of drug-likeness (QED) is 0.845. The number of benzene rings is 1. The van der Waals surface area contributed by atoms with Crippen LogP contribution in [0.2, 0.25) is 5.02 Å². The van der Waals surface area contributed by atoms with Gasteiger partial charge in [0.15, 0.2) is 0 Å². The van der Waals surface area contributed by atoms with E-state index in [0.29, 0.717) is 18.4 Å². The SMILES string of the molecule is Cc1ccc(Cl)c(F)c1C1(C(=O)O)CC1. The first-order valence-electron chi connectivity index (χ1n) is 4.67. The normalized spacial score (nSPS) is 17.5. The van der Waals surface area contributed by atoms with Gasteiger partial charge in [0.1, 0.15) is 5.82 Å². The molecule has 1 aliphatic rings. The van der Waals surface area contributed by atoms with Gasteiger partial charge in [0.05, 0.1) is 10.4 Å². The van der Waals surface area contributed by atoms with Crippen molar-refractivity contribution in [3.63, 3.8) is 0 Å². The van der Waals surface area contributed by atoms with Crippen LogP contribution in [0.15, 0.2) is 12.1 Å². The maximum absolute atomic E-state index is 13.8. The number of carboxylic acids is 1. The molecule has 2 nitrogen and oxygen atoms in total. The van der Waals surface area contributed by atoms with Gasteiger partial charge in [-0.05, 0) is 31.4 Å². The Labute approximate surface area is 91.7 Å². The summed E-state index contributed by atoms with van der Waals surface area (Å²) in [5, 5.41) is 9.08. The van der Waals surface area contributed by atoms with Crippen LogP contribution in [0, 0.1) is 12.7 Å². The lowest BCUT2D eigenvalue weighted by Gasteiger charge is -2.15. The largest absolute Gasteiger partial charge is 0.481 e. The Hall–Kier alpha value is -1.09. The van der Waals surface area contributed by atoms with E-state index in [4.69, 9.17) is 16.7 Å². The Balaban J connectivity index is 2.62. The van der Waals surface area contributed by atoms with E-state index in [-0.39, 0.29) is 10.6 Å². The molecule has 0 bridgehead atoms. The zero-order chi connectivity index (χ0) is 11.2. The lowest BCUT2D eigenvalue weighted by Crippen LogP contribution is -2.22. The highest BCUT2D eigenvalue weighted by atomic mass is 35.5. The summed E-state index contributed by atoms with van der Waals surface area (Å²) in [6.07, 6.45) is 0.973. The Bertz CT molecular complexity index is 438. The van der Waals surface area contributed by atoms with E-state index >= 15 is 0 Å². The topological polar surface area (TPSA) is 37.3 Å². The van der Waals surface area contributed by atoms with E-state index in [1.807, 2.05) is 0 Å². The van der Waals surface area contributed by atoms with Crippen molar-refractivity contribution < 1.29 is 14.3 Å². The Kier molecular flexibility index (Phi) is 2.23. The van der Waals surface area contributed by atoms with Gasteiger partial charge >= 0.3 is 5.97 Å². The van der Waals surface area contributed by atoms with E-state index in [0.717, 1.165) is 0 Å². The number of halogens is 2. The minimum absolute atomic E-state index is 0.0110. The van der Waals surface area contributed by atoms with Crippen molar-refractivity contribution in [1.29, 1.82) is 0 Å². The summed E-state index contributed by atoms with van der Waals surface area (Å²) >= 11 is 5.66. The summed E-state index contributed by atoms with van der Waals surface area (Å²) in [7, 11) is 0. The molecule has 0 atom stereocenters. The fourth-order valence-electron chi connectivity index (χ4n) is 1.93. The van der Waals surface area contributed by atoms with Crippen molar-refractivity contribution in [2.45, 2.75) is 25.2 Å². The minimum atomic E-state index is -1.03. The number of rotatable bonds is 2. The smallest absolute Gasteiger partial charge is 0.314 e. The first kappa shape index (κ1) is 10.4. The predicted octanol–water partition coefficient (Wildman–Crippen LogP) is 2.90. The third-order valence-corrected chi connectivity index (χ3v) is 3.23. The second kappa shape index (κ2) is 3.20. The lowest BCUT2D eigenvalue weighted by atomic mass is 9.91. The third-order valence-electron chi connectivity index (χ3n) is 2.94. The predicted molar refractivity (Wildman–Crippen MR) is 54.7 cm³/mol. The Morgan fingerprint density at radius 3 is 2.60 bits per heavy atom. The molecule has 1 fully saturated rings. The lowest BCUT2D eigenvalue weighted by molar-refractivity contribution is -0.140. The monoisotopic (exact) mass is 228 g/mol. The molecule has 15 heavy (non-hydrogen) atoms. The molecule has 0 radical (unpaired) electrons. The van der Waals surface area contributed by atoms with Gasteiger partial charge in [-0.1, -0.05) is 17.7 Å². The average Bonchev–Trinajstić information content (AvgIpc) is 2.93. The second-order valence-electron chi connectivity index (χ2n) is 3.94. The molecule has 1 aromatic carbocycles. The highest BCUT2D eigenvalue weighted by molar-refractivity contribution is 6.30. The molecule has 0 heterocycles. The van der Waals surface area contributed by atoms with Gasteiger partial charge in [0.2, 0.25) is 0 Å². The molecule has 1 saturated carbocycles. The molecule has 0 spiro atoms. The summed E-state index contributed by atoms with van der Waals surface area (Å²) < 4.78 is 13.8. The van der Waals surface area contributed by atoms with Gasteiger partial charge in [-0.2, -0.15) is 0 Å². The van der Waals surface area contributed by atoms with Crippen LogP contribution in [-0.4, -0.2) is 11.1 Å². The highest BCUT2D eigenvalue weighted by Gasteiger charge is 2.54. The number of carbonyl (C=O) groups is 1. The Morgan fingerprint density at radius 2 is 2.13 bits per heavy atom. The van der Waals surface area contributed by atoms with Crippen molar-refractivity contribution in [3.8, 4) is 0 Å². The second-order valence-corrected chi connectivity index (χ2v) is 4.35. The molecule has 0 amide bonds. The molecule has 4 heteroatoms. The fourth-order valence-corrected chi connectivity index (χ4v) is 2.09. The summed E-state index contributed by atoms with van der Waals surface area (Å²) in [6, 6.07) is 3.11. The molecule has 0 aromatic heterocycles. The summed E-state index contributed by atoms with van der Waals surface area (Å²) in [4.78, 5) is 11.1. The molecule has 0 aliphatic heterocycles. The number of aryl methyl sites for hydroxylation is 1. The minimum Gasteiger partial charge on any atom is -0.481 e. The van der Waals surface area contributed by atoms with Crippen LogP contribution in [-0.2, 0) is 10.2 Å². The van der Waals surface area contributed by atoms with Crippen LogP contribution >= 0.6 is 11.6 Å². The van der Waals surface area contributed by atoms with Crippen LogP contribution < -0.4 is 0 Å². The van der Waals surface area contributed by atoms with Gasteiger partial charge in [-0.15, -0.1) is 0 Å². The van der Waals surface area contributed by atoms with E-state index < -0.39 is 17.2 Å². The number of hydrogen-bond donors (Lipinski definition) is 1. The molecule has 1 aliphatic carbocycles. The summed E-state index contributed by atoms with van der Waals surface area (Å²) in [5.41, 5.74) is -0.127. The first-order chi connectivity index (χ1) is 6.99. The number of aliphatic carboxylic acids is 1. The summed E-state index contributed by atoms with van der Waals surface area (Å²) in [6.45, 7) is 1.71. The number of carboxylic acid groups (broad SMARTS) is 1. The van der Waals surface area contributed by atoms with Gasteiger partial charge in [0, 0.05) is 5.56 Å². The maximum Gasteiger partial charge on any atom is 0.314 e. The van der Waals surface area contributed by atoms with Gasteiger partial charge in [-0.25, -0.2) is 4.39 Å². The van der Waals surface area contributed by atoms with Crippen LogP contribution in [0.4, 0.5) is 4.39 Å². The zero-order valence-corrected chi connectivity index (χ0v) is 8.94. The third kappa shape index (κ3) is 1.42. The first-order valence-corrected chi connectivity index (χ1v) is 5.05. The van der Waals surface area contributed by atoms with E-state index in [9.17, 15) is 9.18 Å². The highest BCUT2D eigenvalue weighted by Crippen LogP contribution is 2.51. The number of hydrogen-bond acceptors (Lipinski definition) is 1. The van der Waals surface area contributed by atoms with E-state index in [2.05, 4.69) is 0 Å². The van der Waals surface area contributed by atoms with Crippen molar-refractivity contribution >= 4 is 17.6 Å². The molecular formula is C11H10ClFO2. The maximum atomic E-state index is 13.8. The van der Waals surface area contributed by atoms with Gasteiger partial charge in [0.25, 0.3) is 0 Å². The molecule has 0 saturated heterocycles. The standard InChI is InChI=1S/C11H10ClFO2/c1-6-2-3-7(12)9(13)8(6)11(4-5-11)10(14)15/h2-3H,4-5H2,1H3,(H,14,15). The molecule has 1 N–H and O–H groups in total. The molecule has 0 unspecified atom stereocenters. The molecular weight excluding hydrogens is 219 g/mol. The van der Waals surface area contributed by atoms with Crippen molar-refractivity contribution in [2.75, 3.05) is 0 Å². The average molecular weight is 229 g/mol. The van der Waals surface area contributed by atoms with Crippen molar-refractivity contribution in [3.05, 3.63) is 34.1 Å². The van der Waals surface area contributed by atoms with Gasteiger partial charge in [-0.3, -0.25) is 4.79 Å². The van der Waals surface area contributed by atoms with Crippen molar-refractivity contribution in [2.24, 2.45) is 0 Å². The van der Waals surface area contributed by atoms with Crippen LogP contribution in [0.1, 0.15) is 24.0 Å². The molecule has 2 rings (SSSR count). The fraction of sp³-hybridized carbons (Fsp3) is 0.364. The molecule has 80 valence electrons. The van der Waals surface area contributed by atoms with Crippen LogP contribution in [0.25, 0.3) is 0 Å². The molecule has 1 aromatic rings. The Morgan fingerprint density at radius 1 is 1.53 bits per heavy atom. The van der Waals surface area contributed by atoms with Crippen LogP contribution in [0.5, 0.6) is 0 Å². The van der Waals surface area contributed by atoms with Gasteiger partial charge < -0.3 is 5.11 Å². The van der Waals surface area contributed by atoms with Crippen LogP contribution in [0.3, 0.4) is 0 Å². The van der Waals surface area contributed by atoms with E-state index in [1.54, 1.807) is 13.0 Å².